The quantitative estimate of drug-likeness (QED) is 0.747. The number of nitrogens with one attached hydrogen (secondary N) is 1. The first-order valence-corrected chi connectivity index (χ1v) is 8.59. The number of rotatable bonds is 5. The Morgan fingerprint density at radius 1 is 1.39 bits per heavy atom. The number of nitrogen functional groups attached to an aromatic ring is 1. The summed E-state index contributed by atoms with van der Waals surface area (Å²) >= 11 is 6.49. The minimum Gasteiger partial charge on any atom is -0.398 e. The third-order valence-corrected chi connectivity index (χ3v) is 5.51. The molecule has 0 bridgehead atoms. The summed E-state index contributed by atoms with van der Waals surface area (Å²) in [6, 6.07) is 3.23. The Kier molecular flexibility index (Phi) is 5.64. The molecule has 0 radical (unpaired) electrons. The van der Waals surface area contributed by atoms with Crippen molar-refractivity contribution in [3.05, 3.63) is 21.1 Å². The molecule has 102 valence electrons. The molecule has 1 atom stereocenters. The van der Waals surface area contributed by atoms with E-state index in [2.05, 4.69) is 36.6 Å². The van der Waals surface area contributed by atoms with E-state index in [-0.39, 0.29) is 16.5 Å². The van der Waals surface area contributed by atoms with Crippen LogP contribution >= 0.6 is 31.9 Å². The third-order valence-electron chi connectivity index (χ3n) is 2.62. The van der Waals surface area contributed by atoms with Gasteiger partial charge < -0.3 is 5.73 Å². The maximum Gasteiger partial charge on any atom is 0.243 e. The van der Waals surface area contributed by atoms with Gasteiger partial charge in [-0.05, 0) is 34.0 Å². The van der Waals surface area contributed by atoms with E-state index in [1.54, 1.807) is 12.1 Å². The number of anilines is 1. The summed E-state index contributed by atoms with van der Waals surface area (Å²) in [4.78, 5) is 0.0917. The number of halogens is 2. The van der Waals surface area contributed by atoms with Crippen molar-refractivity contribution in [1.29, 1.82) is 0 Å². The molecule has 0 saturated carbocycles. The molecule has 7 heteroatoms. The highest BCUT2D eigenvalue weighted by Gasteiger charge is 2.21. The lowest BCUT2D eigenvalue weighted by Crippen LogP contribution is -2.29. The van der Waals surface area contributed by atoms with Crippen molar-refractivity contribution in [1.82, 2.24) is 4.72 Å². The lowest BCUT2D eigenvalue weighted by Gasteiger charge is -2.13. The van der Waals surface area contributed by atoms with Crippen molar-refractivity contribution in [3.8, 4) is 0 Å². The van der Waals surface area contributed by atoms with E-state index in [0.29, 0.717) is 11.0 Å². The van der Waals surface area contributed by atoms with Gasteiger partial charge in [0.1, 0.15) is 4.90 Å². The molecule has 0 saturated heterocycles. The Morgan fingerprint density at radius 2 is 2.00 bits per heavy atom. The van der Waals surface area contributed by atoms with E-state index < -0.39 is 10.0 Å². The molecule has 1 unspecified atom stereocenters. The van der Waals surface area contributed by atoms with E-state index in [1.807, 2.05) is 13.8 Å². The molecule has 18 heavy (non-hydrogen) atoms. The minimum atomic E-state index is -3.59. The fourth-order valence-electron chi connectivity index (χ4n) is 1.33. The molecule has 4 nitrogen and oxygen atoms in total. The van der Waals surface area contributed by atoms with Gasteiger partial charge in [0, 0.05) is 15.5 Å². The number of sulfonamides is 1. The molecule has 0 aliphatic carbocycles. The Morgan fingerprint density at radius 3 is 2.50 bits per heavy atom. The lowest BCUT2D eigenvalue weighted by atomic mass is 10.1. The summed E-state index contributed by atoms with van der Waals surface area (Å²) in [6.45, 7) is 4.41. The third kappa shape index (κ3) is 3.94. The first kappa shape index (κ1) is 15.9. The second-order valence-electron chi connectivity index (χ2n) is 4.17. The molecule has 0 heterocycles. The summed E-state index contributed by atoms with van der Waals surface area (Å²) in [7, 11) is -3.59. The van der Waals surface area contributed by atoms with Gasteiger partial charge in [-0.3, -0.25) is 0 Å². The van der Waals surface area contributed by atoms with Gasteiger partial charge in [0.05, 0.1) is 5.69 Å². The Balaban J connectivity index is 3.06. The average Bonchev–Trinajstić information content (AvgIpc) is 2.24. The number of hydrogen-bond donors (Lipinski definition) is 2. The van der Waals surface area contributed by atoms with Crippen LogP contribution in [0, 0.1) is 5.92 Å². The van der Waals surface area contributed by atoms with Crippen LogP contribution in [0.2, 0.25) is 0 Å². The maximum atomic E-state index is 12.2. The van der Waals surface area contributed by atoms with Crippen LogP contribution in [0.15, 0.2) is 26.0 Å². The van der Waals surface area contributed by atoms with Gasteiger partial charge in [-0.15, -0.1) is 0 Å². The fourth-order valence-corrected chi connectivity index (χ4v) is 4.56. The van der Waals surface area contributed by atoms with Gasteiger partial charge in [-0.1, -0.05) is 36.2 Å². The molecule has 0 amide bonds. The molecule has 1 aromatic rings. The van der Waals surface area contributed by atoms with Gasteiger partial charge in [0.25, 0.3) is 0 Å². The zero-order valence-corrected chi connectivity index (χ0v) is 14.2. The molecule has 0 aromatic heterocycles. The summed E-state index contributed by atoms with van der Waals surface area (Å²) < 4.78 is 28.1. The van der Waals surface area contributed by atoms with E-state index in [9.17, 15) is 8.42 Å². The number of nitrogens with two attached hydrogens (primary N) is 1. The fraction of sp³-hybridized carbons (Fsp3) is 0.455. The van der Waals surface area contributed by atoms with Crippen LogP contribution in [-0.4, -0.2) is 15.0 Å². The normalized spacial score (nSPS) is 13.6. The van der Waals surface area contributed by atoms with Crippen molar-refractivity contribution in [2.45, 2.75) is 25.2 Å². The zero-order chi connectivity index (χ0) is 13.9. The van der Waals surface area contributed by atoms with E-state index in [0.717, 1.165) is 10.9 Å². The summed E-state index contributed by atoms with van der Waals surface area (Å²) in [5, 5.41) is 0. The predicted octanol–water partition coefficient (Wildman–Crippen LogP) is 3.12. The van der Waals surface area contributed by atoms with Crippen LogP contribution in [0.4, 0.5) is 5.69 Å². The molecule has 1 rings (SSSR count). The van der Waals surface area contributed by atoms with Gasteiger partial charge >= 0.3 is 0 Å². The first-order valence-electron chi connectivity index (χ1n) is 5.52. The van der Waals surface area contributed by atoms with E-state index >= 15 is 0 Å². The maximum absolute atomic E-state index is 12.2. The second-order valence-corrected chi connectivity index (χ2v) is 7.65. The Hall–Kier alpha value is -0.110. The molecule has 0 spiro atoms. The summed E-state index contributed by atoms with van der Waals surface area (Å²) in [5.41, 5.74) is 5.98. The zero-order valence-electron chi connectivity index (χ0n) is 10.2. The predicted molar refractivity (Wildman–Crippen MR) is 80.9 cm³/mol. The van der Waals surface area contributed by atoms with Gasteiger partial charge in [0.2, 0.25) is 10.0 Å². The highest BCUT2D eigenvalue weighted by molar-refractivity contribution is 9.11. The highest BCUT2D eigenvalue weighted by atomic mass is 79.9. The van der Waals surface area contributed by atoms with Crippen molar-refractivity contribution in [2.24, 2.45) is 5.92 Å². The van der Waals surface area contributed by atoms with Crippen molar-refractivity contribution < 1.29 is 8.42 Å². The smallest absolute Gasteiger partial charge is 0.243 e. The molecular formula is C11H16Br2N2O2S. The second kappa shape index (κ2) is 6.36. The largest absolute Gasteiger partial charge is 0.398 e. The average molecular weight is 400 g/mol. The van der Waals surface area contributed by atoms with Crippen LogP contribution in [0.5, 0.6) is 0 Å². The molecule has 1 aromatic carbocycles. The van der Waals surface area contributed by atoms with Gasteiger partial charge in [-0.2, -0.15) is 0 Å². The molecule has 0 aliphatic heterocycles. The van der Waals surface area contributed by atoms with Crippen molar-refractivity contribution in [3.63, 3.8) is 0 Å². The number of benzene rings is 1. The monoisotopic (exact) mass is 398 g/mol. The Labute approximate surface area is 125 Å². The molecule has 3 N–H and O–H groups in total. The van der Waals surface area contributed by atoms with Crippen LogP contribution in [0.25, 0.3) is 0 Å². The van der Waals surface area contributed by atoms with Crippen LogP contribution in [0.1, 0.15) is 20.3 Å². The van der Waals surface area contributed by atoms with Crippen LogP contribution in [-0.2, 0) is 10.0 Å². The van der Waals surface area contributed by atoms with Gasteiger partial charge in [0.15, 0.2) is 0 Å². The molecule has 0 aliphatic rings. The van der Waals surface area contributed by atoms with Crippen molar-refractivity contribution in [2.75, 3.05) is 12.3 Å². The number of hydrogen-bond acceptors (Lipinski definition) is 3. The standard InChI is InChI=1S/C11H16Br2N2O2S/c1-3-7(2)6-15-18(16,17)11-9(13)4-8(12)5-10(11)14/h4-5,7,15H,3,6,14H2,1-2H3. The van der Waals surface area contributed by atoms with Crippen molar-refractivity contribution >= 4 is 47.6 Å². The highest BCUT2D eigenvalue weighted by Crippen LogP contribution is 2.31. The topological polar surface area (TPSA) is 72.2 Å². The first-order chi connectivity index (χ1) is 8.27. The molecular weight excluding hydrogens is 384 g/mol. The van der Waals surface area contributed by atoms with Crippen LogP contribution in [0.3, 0.4) is 0 Å². The lowest BCUT2D eigenvalue weighted by molar-refractivity contribution is 0.528. The minimum absolute atomic E-state index is 0.0917. The van der Waals surface area contributed by atoms with Gasteiger partial charge in [-0.25, -0.2) is 13.1 Å². The van der Waals surface area contributed by atoms with E-state index in [1.165, 1.54) is 0 Å². The Bertz CT molecular complexity index is 509. The SMILES string of the molecule is CCC(C)CNS(=O)(=O)c1c(N)cc(Br)cc1Br. The van der Waals surface area contributed by atoms with E-state index in [4.69, 9.17) is 5.73 Å². The summed E-state index contributed by atoms with van der Waals surface area (Å²) in [5.74, 6) is 0.287. The summed E-state index contributed by atoms with van der Waals surface area (Å²) in [6.07, 6.45) is 0.916. The van der Waals surface area contributed by atoms with Crippen LogP contribution < -0.4 is 10.5 Å². The molecule has 0 fully saturated rings.